The second kappa shape index (κ2) is 6.22. The highest BCUT2D eigenvalue weighted by molar-refractivity contribution is 5.95. The van der Waals surface area contributed by atoms with Gasteiger partial charge in [0, 0.05) is 18.3 Å². The SMILES string of the molecule is CCN(c1nc(C)cc(C)c1C(=O)O)C1CCNCC1. The number of aromatic carboxylic acids is 1. The van der Waals surface area contributed by atoms with Crippen molar-refractivity contribution in [1.82, 2.24) is 10.3 Å². The topological polar surface area (TPSA) is 65.5 Å². The van der Waals surface area contributed by atoms with Crippen molar-refractivity contribution in [2.24, 2.45) is 0 Å². The molecule has 5 heteroatoms. The van der Waals surface area contributed by atoms with Gasteiger partial charge in [-0.1, -0.05) is 0 Å². The molecule has 1 aromatic heterocycles. The Bertz CT molecular complexity index is 496. The predicted octanol–water partition coefficient (Wildman–Crippen LogP) is 1.97. The second-order valence-corrected chi connectivity index (χ2v) is 5.35. The van der Waals surface area contributed by atoms with E-state index in [9.17, 15) is 9.90 Å². The first-order valence-electron chi connectivity index (χ1n) is 7.23. The third-order valence-electron chi connectivity index (χ3n) is 3.90. The van der Waals surface area contributed by atoms with Crippen molar-refractivity contribution in [3.8, 4) is 0 Å². The van der Waals surface area contributed by atoms with Crippen LogP contribution < -0.4 is 10.2 Å². The fourth-order valence-corrected chi connectivity index (χ4v) is 2.99. The standard InChI is InChI=1S/C15H23N3O2/c1-4-18(12-5-7-16-8-6-12)14-13(15(19)20)10(2)9-11(3)17-14/h9,12,16H,4-8H2,1-3H3,(H,19,20). The maximum absolute atomic E-state index is 11.6. The van der Waals surface area contributed by atoms with Gasteiger partial charge < -0.3 is 15.3 Å². The van der Waals surface area contributed by atoms with Crippen LogP contribution in [0.1, 0.15) is 41.4 Å². The van der Waals surface area contributed by atoms with E-state index < -0.39 is 5.97 Å². The zero-order valence-electron chi connectivity index (χ0n) is 12.4. The molecule has 2 heterocycles. The van der Waals surface area contributed by atoms with Gasteiger partial charge in [-0.25, -0.2) is 9.78 Å². The number of piperidine rings is 1. The molecule has 0 aliphatic carbocycles. The Morgan fingerprint density at radius 2 is 2.10 bits per heavy atom. The molecule has 1 aliphatic rings. The van der Waals surface area contributed by atoms with Gasteiger partial charge in [-0.2, -0.15) is 0 Å². The highest BCUT2D eigenvalue weighted by Crippen LogP contribution is 2.26. The molecule has 0 amide bonds. The van der Waals surface area contributed by atoms with Crippen LogP contribution in [0.5, 0.6) is 0 Å². The predicted molar refractivity (Wildman–Crippen MR) is 79.6 cm³/mol. The summed E-state index contributed by atoms with van der Waals surface area (Å²) < 4.78 is 0. The second-order valence-electron chi connectivity index (χ2n) is 5.35. The molecule has 0 atom stereocenters. The molecule has 0 radical (unpaired) electrons. The quantitative estimate of drug-likeness (QED) is 0.881. The van der Waals surface area contributed by atoms with Crippen molar-refractivity contribution in [1.29, 1.82) is 0 Å². The summed E-state index contributed by atoms with van der Waals surface area (Å²) in [6.45, 7) is 8.56. The van der Waals surface area contributed by atoms with Gasteiger partial charge in [0.1, 0.15) is 11.4 Å². The molecular formula is C15H23N3O2. The maximum Gasteiger partial charge on any atom is 0.339 e. The van der Waals surface area contributed by atoms with Gasteiger partial charge in [-0.05, 0) is 58.3 Å². The molecular weight excluding hydrogens is 254 g/mol. The van der Waals surface area contributed by atoms with E-state index in [2.05, 4.69) is 22.1 Å². The van der Waals surface area contributed by atoms with E-state index in [4.69, 9.17) is 0 Å². The Kier molecular flexibility index (Phi) is 4.60. The highest BCUT2D eigenvalue weighted by Gasteiger charge is 2.26. The van der Waals surface area contributed by atoms with E-state index >= 15 is 0 Å². The molecule has 1 aliphatic heterocycles. The van der Waals surface area contributed by atoms with E-state index in [0.717, 1.165) is 43.7 Å². The fraction of sp³-hybridized carbons (Fsp3) is 0.600. The first-order valence-corrected chi connectivity index (χ1v) is 7.23. The van der Waals surface area contributed by atoms with Gasteiger partial charge in [0.15, 0.2) is 0 Å². The average molecular weight is 277 g/mol. The van der Waals surface area contributed by atoms with E-state index in [0.29, 0.717) is 17.4 Å². The van der Waals surface area contributed by atoms with Gasteiger partial charge in [-0.3, -0.25) is 0 Å². The summed E-state index contributed by atoms with van der Waals surface area (Å²) in [4.78, 5) is 18.3. The molecule has 20 heavy (non-hydrogen) atoms. The summed E-state index contributed by atoms with van der Waals surface area (Å²) in [7, 11) is 0. The van der Waals surface area contributed by atoms with Crippen LogP contribution in [0.4, 0.5) is 5.82 Å². The van der Waals surface area contributed by atoms with Crippen molar-refractivity contribution in [2.45, 2.75) is 39.7 Å². The van der Waals surface area contributed by atoms with Gasteiger partial charge >= 0.3 is 5.97 Å². The molecule has 1 fully saturated rings. The van der Waals surface area contributed by atoms with Crippen LogP contribution in [0, 0.1) is 13.8 Å². The number of nitrogens with zero attached hydrogens (tertiary/aromatic N) is 2. The van der Waals surface area contributed by atoms with Crippen LogP contribution in [-0.2, 0) is 0 Å². The molecule has 0 bridgehead atoms. The van der Waals surface area contributed by atoms with Gasteiger partial charge in [-0.15, -0.1) is 0 Å². The van der Waals surface area contributed by atoms with Crippen LogP contribution in [0.15, 0.2) is 6.07 Å². The van der Waals surface area contributed by atoms with Crippen LogP contribution in [0.3, 0.4) is 0 Å². The lowest BCUT2D eigenvalue weighted by atomic mass is 10.0. The number of carboxylic acids is 1. The van der Waals surface area contributed by atoms with Crippen molar-refractivity contribution in [3.63, 3.8) is 0 Å². The van der Waals surface area contributed by atoms with Crippen LogP contribution in [0.25, 0.3) is 0 Å². The third kappa shape index (κ3) is 2.93. The molecule has 5 nitrogen and oxygen atoms in total. The first kappa shape index (κ1) is 14.8. The lowest BCUT2D eigenvalue weighted by molar-refractivity contribution is 0.0696. The lowest BCUT2D eigenvalue weighted by Gasteiger charge is -2.35. The Morgan fingerprint density at radius 1 is 1.45 bits per heavy atom. The van der Waals surface area contributed by atoms with Gasteiger partial charge in [0.05, 0.1) is 0 Å². The summed E-state index contributed by atoms with van der Waals surface area (Å²) in [6.07, 6.45) is 2.06. The molecule has 0 spiro atoms. The summed E-state index contributed by atoms with van der Waals surface area (Å²) in [5.74, 6) is -0.262. The molecule has 2 N–H and O–H groups in total. The Morgan fingerprint density at radius 3 is 2.65 bits per heavy atom. The number of nitrogens with one attached hydrogen (secondary N) is 1. The smallest absolute Gasteiger partial charge is 0.339 e. The summed E-state index contributed by atoms with van der Waals surface area (Å²) in [5.41, 5.74) is 2.00. The van der Waals surface area contributed by atoms with Crippen molar-refractivity contribution in [3.05, 3.63) is 22.9 Å². The van der Waals surface area contributed by atoms with E-state index in [1.165, 1.54) is 0 Å². The molecule has 0 saturated carbocycles. The van der Waals surface area contributed by atoms with Crippen molar-refractivity contribution >= 4 is 11.8 Å². The Balaban J connectivity index is 2.44. The van der Waals surface area contributed by atoms with Crippen molar-refractivity contribution in [2.75, 3.05) is 24.5 Å². The highest BCUT2D eigenvalue weighted by atomic mass is 16.4. The van der Waals surface area contributed by atoms with Gasteiger partial charge in [0.2, 0.25) is 0 Å². The van der Waals surface area contributed by atoms with E-state index in [1.54, 1.807) is 0 Å². The fourth-order valence-electron chi connectivity index (χ4n) is 2.99. The molecule has 1 saturated heterocycles. The van der Waals surface area contributed by atoms with E-state index in [1.807, 2.05) is 19.9 Å². The van der Waals surface area contributed by atoms with E-state index in [-0.39, 0.29) is 0 Å². The minimum absolute atomic E-state index is 0.344. The largest absolute Gasteiger partial charge is 0.478 e. The normalized spacial score (nSPS) is 16.1. The average Bonchev–Trinajstić information content (AvgIpc) is 2.39. The number of rotatable bonds is 4. The zero-order chi connectivity index (χ0) is 14.7. The molecule has 2 rings (SSSR count). The Hall–Kier alpha value is -1.62. The minimum atomic E-state index is -0.891. The molecule has 0 aromatic carbocycles. The lowest BCUT2D eigenvalue weighted by Crippen LogP contribution is -2.44. The van der Waals surface area contributed by atoms with Crippen molar-refractivity contribution < 1.29 is 9.90 Å². The number of anilines is 1. The zero-order valence-corrected chi connectivity index (χ0v) is 12.4. The monoisotopic (exact) mass is 277 g/mol. The number of carboxylic acid groups (broad SMARTS) is 1. The summed E-state index contributed by atoms with van der Waals surface area (Å²) in [5, 5.41) is 12.8. The molecule has 110 valence electrons. The molecule has 1 aromatic rings. The minimum Gasteiger partial charge on any atom is -0.478 e. The van der Waals surface area contributed by atoms with Crippen LogP contribution in [-0.4, -0.2) is 41.7 Å². The number of carbonyl (C=O) groups is 1. The number of aromatic nitrogens is 1. The summed E-state index contributed by atoms with van der Waals surface area (Å²) >= 11 is 0. The Labute approximate surface area is 120 Å². The van der Waals surface area contributed by atoms with Gasteiger partial charge in [0.25, 0.3) is 0 Å². The molecule has 0 unspecified atom stereocenters. The maximum atomic E-state index is 11.6. The number of aryl methyl sites for hydroxylation is 2. The number of pyridine rings is 1. The number of hydrogen-bond acceptors (Lipinski definition) is 4. The first-order chi connectivity index (χ1) is 9.54. The van der Waals surface area contributed by atoms with Crippen LogP contribution >= 0.6 is 0 Å². The summed E-state index contributed by atoms with van der Waals surface area (Å²) in [6, 6.07) is 2.21. The van der Waals surface area contributed by atoms with Crippen LogP contribution in [0.2, 0.25) is 0 Å². The third-order valence-corrected chi connectivity index (χ3v) is 3.90. The number of hydrogen-bond donors (Lipinski definition) is 2.